The van der Waals surface area contributed by atoms with Crippen LogP contribution in [0.3, 0.4) is 0 Å². The number of benzene rings is 2. The highest BCUT2D eigenvalue weighted by Gasteiger charge is 2.39. The van der Waals surface area contributed by atoms with Crippen LogP contribution in [0.4, 0.5) is 0 Å². The fourth-order valence-electron chi connectivity index (χ4n) is 6.70. The molecule has 0 radical (unpaired) electrons. The lowest BCUT2D eigenvalue weighted by atomic mass is 9.77. The molecule has 188 valence electrons. The van der Waals surface area contributed by atoms with Crippen LogP contribution in [0, 0.1) is 5.92 Å². The second-order valence-electron chi connectivity index (χ2n) is 11.0. The summed E-state index contributed by atoms with van der Waals surface area (Å²) in [7, 11) is 0. The van der Waals surface area contributed by atoms with Crippen molar-refractivity contribution >= 4 is 5.91 Å². The van der Waals surface area contributed by atoms with E-state index in [0.717, 1.165) is 37.4 Å². The van der Waals surface area contributed by atoms with Crippen LogP contribution in [0.15, 0.2) is 48.5 Å². The second-order valence-corrected chi connectivity index (χ2v) is 11.0. The highest BCUT2D eigenvalue weighted by atomic mass is 16.2. The minimum Gasteiger partial charge on any atom is -0.332 e. The maximum Gasteiger partial charge on any atom is 0.254 e. The minimum atomic E-state index is 0.0736. The molecule has 5 rings (SSSR count). The zero-order valence-electron chi connectivity index (χ0n) is 21.7. The number of carbonyl (C=O) groups excluding carboxylic acids is 1. The number of nitrogens with one attached hydrogen (secondary N) is 1. The first kappa shape index (κ1) is 24.5. The Labute approximate surface area is 212 Å². The van der Waals surface area contributed by atoms with E-state index in [9.17, 15) is 4.79 Å². The second kappa shape index (κ2) is 11.3. The molecular formula is C31H43N3O. The summed E-state index contributed by atoms with van der Waals surface area (Å²) in [5, 5.41) is 3.80. The minimum absolute atomic E-state index is 0.0736. The molecule has 0 bridgehead atoms. The number of rotatable bonds is 8. The lowest BCUT2D eigenvalue weighted by molar-refractivity contribution is 0.0550. The molecule has 3 aliphatic heterocycles. The third kappa shape index (κ3) is 5.34. The van der Waals surface area contributed by atoms with Crippen molar-refractivity contribution in [2.24, 2.45) is 5.92 Å². The topological polar surface area (TPSA) is 35.6 Å². The molecule has 3 heterocycles. The predicted octanol–water partition coefficient (Wildman–Crippen LogP) is 6.14. The monoisotopic (exact) mass is 473 g/mol. The number of carbonyl (C=O) groups is 1. The van der Waals surface area contributed by atoms with E-state index >= 15 is 0 Å². The Morgan fingerprint density at radius 2 is 2.00 bits per heavy atom. The van der Waals surface area contributed by atoms with Gasteiger partial charge in [-0.3, -0.25) is 9.69 Å². The quantitative estimate of drug-likeness (QED) is 0.468. The van der Waals surface area contributed by atoms with E-state index in [1.54, 1.807) is 0 Å². The highest BCUT2D eigenvalue weighted by Crippen LogP contribution is 2.41. The molecular weight excluding hydrogens is 430 g/mol. The van der Waals surface area contributed by atoms with Crippen molar-refractivity contribution in [1.82, 2.24) is 15.1 Å². The van der Waals surface area contributed by atoms with E-state index in [1.165, 1.54) is 68.3 Å². The molecule has 2 fully saturated rings. The summed E-state index contributed by atoms with van der Waals surface area (Å²) in [6, 6.07) is 18.3. The van der Waals surface area contributed by atoms with Crippen LogP contribution in [0.1, 0.15) is 97.9 Å². The molecule has 35 heavy (non-hydrogen) atoms. The van der Waals surface area contributed by atoms with Crippen molar-refractivity contribution in [3.05, 3.63) is 70.8 Å². The number of fused-ring (bicyclic) bond motifs is 4. The standard InChI is InChI=1S/C31H43N3O/c1-3-4-5-9-18-34(23(2)24-11-7-6-8-12-24)31(35)26-14-15-28-25(20-26)16-19-33-22-27-13-10-17-32-29(27)21-30(28)33/h6-8,11-12,14-15,20,23,27,29-30,32H,3-5,9-10,13,16-19,21-22H2,1-2H3/t23-,27-,29+,30+/m1/s1. The van der Waals surface area contributed by atoms with Gasteiger partial charge in [0.1, 0.15) is 0 Å². The van der Waals surface area contributed by atoms with Gasteiger partial charge in [0.15, 0.2) is 0 Å². The normalized spacial score (nSPS) is 24.7. The molecule has 4 nitrogen and oxygen atoms in total. The maximum absolute atomic E-state index is 13.9. The van der Waals surface area contributed by atoms with Crippen molar-refractivity contribution in [1.29, 1.82) is 0 Å². The third-order valence-electron chi connectivity index (χ3n) is 8.79. The Hall–Kier alpha value is -2.17. The molecule has 1 amide bonds. The number of piperidine rings is 2. The molecule has 4 atom stereocenters. The van der Waals surface area contributed by atoms with Crippen LogP contribution < -0.4 is 5.32 Å². The van der Waals surface area contributed by atoms with Gasteiger partial charge < -0.3 is 10.2 Å². The van der Waals surface area contributed by atoms with Gasteiger partial charge in [-0.25, -0.2) is 0 Å². The molecule has 0 spiro atoms. The molecule has 3 aliphatic rings. The van der Waals surface area contributed by atoms with Crippen molar-refractivity contribution in [2.75, 3.05) is 26.2 Å². The first-order valence-electron chi connectivity index (χ1n) is 14.1. The smallest absolute Gasteiger partial charge is 0.254 e. The van der Waals surface area contributed by atoms with Gasteiger partial charge in [-0.2, -0.15) is 0 Å². The van der Waals surface area contributed by atoms with Crippen LogP contribution >= 0.6 is 0 Å². The van der Waals surface area contributed by atoms with Gasteiger partial charge in [0.05, 0.1) is 6.04 Å². The Bertz CT molecular complexity index is 990. The van der Waals surface area contributed by atoms with E-state index in [0.29, 0.717) is 12.1 Å². The molecule has 1 N–H and O–H groups in total. The molecule has 0 aromatic heterocycles. The fourth-order valence-corrected chi connectivity index (χ4v) is 6.70. The van der Waals surface area contributed by atoms with Crippen LogP contribution in [0.25, 0.3) is 0 Å². The molecule has 2 aromatic carbocycles. The number of hydrogen-bond donors (Lipinski definition) is 1. The van der Waals surface area contributed by atoms with Crippen molar-refractivity contribution in [3.63, 3.8) is 0 Å². The van der Waals surface area contributed by atoms with Gasteiger partial charge in [0.2, 0.25) is 0 Å². The van der Waals surface area contributed by atoms with E-state index in [1.807, 2.05) is 6.07 Å². The Balaban J connectivity index is 1.35. The molecule has 2 aromatic rings. The van der Waals surface area contributed by atoms with Gasteiger partial charge in [0, 0.05) is 37.3 Å². The summed E-state index contributed by atoms with van der Waals surface area (Å²) in [6.45, 7) is 8.75. The van der Waals surface area contributed by atoms with Crippen LogP contribution in [-0.2, 0) is 6.42 Å². The Kier molecular flexibility index (Phi) is 7.89. The van der Waals surface area contributed by atoms with Gasteiger partial charge >= 0.3 is 0 Å². The average molecular weight is 474 g/mol. The molecule has 4 heteroatoms. The van der Waals surface area contributed by atoms with Crippen LogP contribution in [-0.4, -0.2) is 47.9 Å². The summed E-state index contributed by atoms with van der Waals surface area (Å²) < 4.78 is 0. The lowest BCUT2D eigenvalue weighted by Crippen LogP contribution is -2.54. The summed E-state index contributed by atoms with van der Waals surface area (Å²) in [6.07, 6.45) is 9.64. The van der Waals surface area contributed by atoms with Crippen molar-refractivity contribution in [3.8, 4) is 0 Å². The largest absolute Gasteiger partial charge is 0.332 e. The molecule has 0 saturated carbocycles. The zero-order valence-corrected chi connectivity index (χ0v) is 21.7. The van der Waals surface area contributed by atoms with Crippen molar-refractivity contribution in [2.45, 2.75) is 83.3 Å². The zero-order chi connectivity index (χ0) is 24.2. The van der Waals surface area contributed by atoms with Crippen LogP contribution in [0.5, 0.6) is 0 Å². The summed E-state index contributed by atoms with van der Waals surface area (Å²) in [4.78, 5) is 18.7. The molecule has 0 aliphatic carbocycles. The third-order valence-corrected chi connectivity index (χ3v) is 8.79. The Morgan fingerprint density at radius 1 is 1.14 bits per heavy atom. The number of amides is 1. The summed E-state index contributed by atoms with van der Waals surface area (Å²) in [5.74, 6) is 0.990. The van der Waals surface area contributed by atoms with Crippen molar-refractivity contribution < 1.29 is 4.79 Å². The fraction of sp³-hybridized carbons (Fsp3) is 0.581. The van der Waals surface area contributed by atoms with Crippen LogP contribution in [0.2, 0.25) is 0 Å². The lowest BCUT2D eigenvalue weighted by Gasteiger charge is -2.49. The van der Waals surface area contributed by atoms with E-state index < -0.39 is 0 Å². The molecule has 2 saturated heterocycles. The average Bonchev–Trinajstić information content (AvgIpc) is 2.91. The Morgan fingerprint density at radius 3 is 2.83 bits per heavy atom. The van der Waals surface area contributed by atoms with Gasteiger partial charge in [-0.1, -0.05) is 62.6 Å². The van der Waals surface area contributed by atoms with E-state index in [2.05, 4.69) is 71.4 Å². The van der Waals surface area contributed by atoms with E-state index in [4.69, 9.17) is 0 Å². The van der Waals surface area contributed by atoms with Gasteiger partial charge in [-0.15, -0.1) is 0 Å². The highest BCUT2D eigenvalue weighted by molar-refractivity contribution is 5.94. The SMILES string of the molecule is CCCCCCN(C(=O)c1ccc2c(c1)CCN1C[C@H]3CCCN[C@H]3C[C@@H]21)[C@H](C)c1ccccc1. The van der Waals surface area contributed by atoms with Gasteiger partial charge in [0.25, 0.3) is 5.91 Å². The first-order valence-corrected chi connectivity index (χ1v) is 14.1. The van der Waals surface area contributed by atoms with E-state index in [-0.39, 0.29) is 11.9 Å². The summed E-state index contributed by atoms with van der Waals surface area (Å²) >= 11 is 0. The van der Waals surface area contributed by atoms with Gasteiger partial charge in [-0.05, 0) is 80.3 Å². The number of unbranched alkanes of at least 4 members (excludes halogenated alkanes) is 3. The predicted molar refractivity (Wildman–Crippen MR) is 144 cm³/mol. The maximum atomic E-state index is 13.9. The number of hydrogen-bond acceptors (Lipinski definition) is 3. The first-order chi connectivity index (χ1) is 17.2. The molecule has 0 unspecified atom stereocenters. The number of nitrogens with zero attached hydrogens (tertiary/aromatic N) is 2. The summed E-state index contributed by atoms with van der Waals surface area (Å²) in [5.41, 5.74) is 4.93.